The van der Waals surface area contributed by atoms with Crippen LogP contribution >= 0.6 is 0 Å². The summed E-state index contributed by atoms with van der Waals surface area (Å²) in [4.78, 5) is 21.0. The number of hydrogen-bond donors (Lipinski definition) is 1. The van der Waals surface area contributed by atoms with Crippen molar-refractivity contribution in [3.05, 3.63) is 59.4 Å². The average Bonchev–Trinajstić information content (AvgIpc) is 3.44. The maximum absolute atomic E-state index is 12.5. The summed E-state index contributed by atoms with van der Waals surface area (Å²) < 4.78 is 28.6. The monoisotopic (exact) mass is 373 g/mol. The molecule has 7 nitrogen and oxygen atoms in total. The zero-order valence-electron chi connectivity index (χ0n) is 14.3. The summed E-state index contributed by atoms with van der Waals surface area (Å²) in [6, 6.07) is 8.99. The Balaban J connectivity index is 1.83. The predicted molar refractivity (Wildman–Crippen MR) is 96.8 cm³/mol. The van der Waals surface area contributed by atoms with Crippen molar-refractivity contribution in [3.63, 3.8) is 0 Å². The highest BCUT2D eigenvalue weighted by Crippen LogP contribution is 2.39. The Morgan fingerprint density at radius 2 is 2.00 bits per heavy atom. The van der Waals surface area contributed by atoms with Crippen molar-refractivity contribution in [1.29, 1.82) is 0 Å². The van der Waals surface area contributed by atoms with Crippen LogP contribution in [0.2, 0.25) is 0 Å². The fourth-order valence-corrected chi connectivity index (χ4v) is 2.49. The van der Waals surface area contributed by atoms with Crippen LogP contribution in [0.15, 0.2) is 48.0 Å². The van der Waals surface area contributed by atoms with Gasteiger partial charge in [-0.05, 0) is 25.0 Å². The Labute approximate surface area is 152 Å². The molecule has 0 unspecified atom stereocenters. The standard InChI is InChI=1S/C18H19N3O4S/c1-12(26(2,23)24)10-20-17(22)15-11-19-16(13-8-9-13)21-18(15)25-14-6-4-3-5-7-14/h3-7,11,13H,1,8-10H2,2H3,(H,20,22). The number of para-hydroxylation sites is 1. The number of rotatable bonds is 7. The van der Waals surface area contributed by atoms with E-state index >= 15 is 0 Å². The van der Waals surface area contributed by atoms with Gasteiger partial charge in [-0.25, -0.2) is 13.4 Å². The molecular formula is C18H19N3O4S. The van der Waals surface area contributed by atoms with Crippen molar-refractivity contribution >= 4 is 15.7 Å². The average molecular weight is 373 g/mol. The second kappa shape index (κ2) is 7.25. The van der Waals surface area contributed by atoms with Crippen molar-refractivity contribution in [3.8, 4) is 11.6 Å². The van der Waals surface area contributed by atoms with Gasteiger partial charge in [-0.15, -0.1) is 0 Å². The molecule has 1 aliphatic rings. The summed E-state index contributed by atoms with van der Waals surface area (Å²) in [6.45, 7) is 3.27. The highest BCUT2D eigenvalue weighted by molar-refractivity contribution is 7.94. The first-order valence-electron chi connectivity index (χ1n) is 8.10. The molecule has 3 rings (SSSR count). The Hall–Kier alpha value is -2.74. The number of carbonyl (C=O) groups excluding carboxylic acids is 1. The second-order valence-electron chi connectivity index (χ2n) is 6.13. The lowest BCUT2D eigenvalue weighted by molar-refractivity contribution is 0.0954. The van der Waals surface area contributed by atoms with Gasteiger partial charge in [0.05, 0.1) is 11.4 Å². The third kappa shape index (κ3) is 4.45. The molecule has 1 fully saturated rings. The van der Waals surface area contributed by atoms with E-state index in [0.29, 0.717) is 17.5 Å². The molecule has 0 radical (unpaired) electrons. The summed E-state index contributed by atoms with van der Waals surface area (Å²) in [7, 11) is -3.42. The second-order valence-corrected chi connectivity index (χ2v) is 8.25. The van der Waals surface area contributed by atoms with Crippen LogP contribution in [0.25, 0.3) is 0 Å². The fraction of sp³-hybridized carbons (Fsp3) is 0.278. The van der Waals surface area contributed by atoms with Crippen molar-refractivity contribution < 1.29 is 17.9 Å². The minimum absolute atomic E-state index is 0.0769. The Kier molecular flexibility index (Phi) is 5.03. The molecule has 1 saturated carbocycles. The molecule has 2 aromatic rings. The molecule has 1 aromatic heterocycles. The molecule has 136 valence electrons. The molecule has 0 atom stereocenters. The number of nitrogens with zero attached hydrogens (tertiary/aromatic N) is 2. The maximum atomic E-state index is 12.5. The van der Waals surface area contributed by atoms with Crippen molar-refractivity contribution in [2.24, 2.45) is 0 Å². The summed E-state index contributed by atoms with van der Waals surface area (Å²) in [5.41, 5.74) is 0.138. The lowest BCUT2D eigenvalue weighted by Crippen LogP contribution is -2.28. The van der Waals surface area contributed by atoms with E-state index in [2.05, 4.69) is 21.9 Å². The van der Waals surface area contributed by atoms with E-state index in [1.807, 2.05) is 18.2 Å². The quantitative estimate of drug-likeness (QED) is 0.800. The van der Waals surface area contributed by atoms with Crippen LogP contribution < -0.4 is 10.1 Å². The number of hydrogen-bond acceptors (Lipinski definition) is 6. The van der Waals surface area contributed by atoms with Gasteiger partial charge in [0.25, 0.3) is 5.91 Å². The Morgan fingerprint density at radius 1 is 1.31 bits per heavy atom. The van der Waals surface area contributed by atoms with Gasteiger partial charge in [-0.3, -0.25) is 4.79 Å². The third-order valence-electron chi connectivity index (χ3n) is 3.89. The van der Waals surface area contributed by atoms with Gasteiger partial charge < -0.3 is 10.1 Å². The van der Waals surface area contributed by atoms with Crippen LogP contribution in [-0.4, -0.2) is 37.1 Å². The molecule has 1 aliphatic carbocycles. The zero-order chi connectivity index (χ0) is 18.7. The normalized spacial score (nSPS) is 13.9. The molecule has 1 amide bonds. The SMILES string of the molecule is C=C(CNC(=O)c1cnc(C2CC2)nc1Oc1ccccc1)S(C)(=O)=O. The number of sulfone groups is 1. The predicted octanol–water partition coefficient (Wildman–Crippen LogP) is 2.43. The van der Waals surface area contributed by atoms with Crippen LogP contribution in [0.5, 0.6) is 11.6 Å². The van der Waals surface area contributed by atoms with Crippen molar-refractivity contribution in [2.75, 3.05) is 12.8 Å². The molecule has 1 heterocycles. The lowest BCUT2D eigenvalue weighted by atomic mass is 10.2. The summed E-state index contributed by atoms with van der Waals surface area (Å²) in [5.74, 6) is 1.12. The minimum atomic E-state index is -3.42. The van der Waals surface area contributed by atoms with Gasteiger partial charge in [0.2, 0.25) is 5.88 Å². The van der Waals surface area contributed by atoms with Crippen molar-refractivity contribution in [2.45, 2.75) is 18.8 Å². The van der Waals surface area contributed by atoms with Crippen LogP contribution in [0, 0.1) is 0 Å². The molecule has 26 heavy (non-hydrogen) atoms. The first-order chi connectivity index (χ1) is 12.3. The van der Waals surface area contributed by atoms with Gasteiger partial charge in [0, 0.05) is 18.4 Å². The molecule has 1 aromatic carbocycles. The Bertz CT molecular complexity index is 938. The van der Waals surface area contributed by atoms with E-state index in [1.165, 1.54) is 6.20 Å². The van der Waals surface area contributed by atoms with Gasteiger partial charge in [0.15, 0.2) is 9.84 Å². The number of benzene rings is 1. The van der Waals surface area contributed by atoms with Crippen LogP contribution in [0.3, 0.4) is 0 Å². The summed E-state index contributed by atoms with van der Waals surface area (Å²) in [6.07, 6.45) is 4.49. The van der Waals surface area contributed by atoms with Gasteiger partial charge >= 0.3 is 0 Å². The third-order valence-corrected chi connectivity index (χ3v) is 5.08. The number of ether oxygens (including phenoxy) is 1. The van der Waals surface area contributed by atoms with E-state index in [9.17, 15) is 13.2 Å². The number of nitrogens with one attached hydrogen (secondary N) is 1. The van der Waals surface area contributed by atoms with Gasteiger partial charge in [-0.2, -0.15) is 4.98 Å². The van der Waals surface area contributed by atoms with Crippen molar-refractivity contribution in [1.82, 2.24) is 15.3 Å². The highest BCUT2D eigenvalue weighted by Gasteiger charge is 2.28. The molecule has 0 spiro atoms. The van der Waals surface area contributed by atoms with Gasteiger partial charge in [-0.1, -0.05) is 24.8 Å². The zero-order valence-corrected chi connectivity index (χ0v) is 15.1. The van der Waals surface area contributed by atoms with E-state index in [-0.39, 0.29) is 22.9 Å². The van der Waals surface area contributed by atoms with Crippen LogP contribution in [0.4, 0.5) is 0 Å². The van der Waals surface area contributed by atoms with Crippen LogP contribution in [0.1, 0.15) is 34.9 Å². The lowest BCUT2D eigenvalue weighted by Gasteiger charge is -2.12. The topological polar surface area (TPSA) is 98.2 Å². The Morgan fingerprint density at radius 3 is 2.62 bits per heavy atom. The first-order valence-corrected chi connectivity index (χ1v) is 9.99. The van der Waals surface area contributed by atoms with E-state index in [0.717, 1.165) is 19.1 Å². The minimum Gasteiger partial charge on any atom is -0.438 e. The van der Waals surface area contributed by atoms with E-state index < -0.39 is 15.7 Å². The maximum Gasteiger partial charge on any atom is 0.258 e. The highest BCUT2D eigenvalue weighted by atomic mass is 32.2. The number of carbonyl (C=O) groups is 1. The molecule has 0 saturated heterocycles. The number of aromatic nitrogens is 2. The molecule has 8 heteroatoms. The fourth-order valence-electron chi connectivity index (χ4n) is 2.16. The molecule has 0 bridgehead atoms. The first kappa shape index (κ1) is 18.1. The summed E-state index contributed by atoms with van der Waals surface area (Å²) in [5, 5.41) is 2.52. The largest absolute Gasteiger partial charge is 0.438 e. The van der Waals surface area contributed by atoms with E-state index in [1.54, 1.807) is 12.1 Å². The smallest absolute Gasteiger partial charge is 0.258 e. The molecular weight excluding hydrogens is 354 g/mol. The van der Waals surface area contributed by atoms with Gasteiger partial charge in [0.1, 0.15) is 17.1 Å². The summed E-state index contributed by atoms with van der Waals surface area (Å²) >= 11 is 0. The van der Waals surface area contributed by atoms with E-state index in [4.69, 9.17) is 4.74 Å². The number of amides is 1. The molecule has 0 aliphatic heterocycles. The molecule has 1 N–H and O–H groups in total. The van der Waals surface area contributed by atoms with Crippen LogP contribution in [-0.2, 0) is 9.84 Å².